The molecule has 7 heteroatoms. The molecule has 0 spiro atoms. The maximum absolute atomic E-state index is 10.8. The zero-order valence-corrected chi connectivity index (χ0v) is 9.58. The van der Waals surface area contributed by atoms with E-state index in [1.54, 1.807) is 0 Å². The molecule has 0 bridgehead atoms. The smallest absolute Gasteiger partial charge is 0.372 e. The van der Waals surface area contributed by atoms with Gasteiger partial charge in [-0.1, -0.05) is 0 Å². The Bertz CT molecular complexity index is 462. The Morgan fingerprint density at radius 3 is 2.81 bits per heavy atom. The summed E-state index contributed by atoms with van der Waals surface area (Å²) in [6, 6.07) is 1.54. The van der Waals surface area contributed by atoms with Gasteiger partial charge in [-0.2, -0.15) is 0 Å². The van der Waals surface area contributed by atoms with Crippen LogP contribution in [-0.4, -0.2) is 38.0 Å². The predicted molar refractivity (Wildman–Crippen MR) is 57.1 cm³/mol. The third-order valence-electron chi connectivity index (χ3n) is 1.91. The van der Waals surface area contributed by atoms with Crippen molar-refractivity contribution in [2.45, 2.75) is 6.54 Å². The van der Waals surface area contributed by atoms with Gasteiger partial charge < -0.3 is 14.8 Å². The lowest BCUT2D eigenvalue weighted by Crippen LogP contribution is -2.22. The topological polar surface area (TPSA) is 96.6 Å². The van der Waals surface area contributed by atoms with Crippen molar-refractivity contribution < 1.29 is 22.7 Å². The summed E-state index contributed by atoms with van der Waals surface area (Å²) in [6.45, 7) is 0.552. The number of carbonyl (C=O) groups is 1. The summed E-state index contributed by atoms with van der Waals surface area (Å²) >= 11 is 0. The molecule has 0 unspecified atom stereocenters. The van der Waals surface area contributed by atoms with E-state index in [9.17, 15) is 13.2 Å². The van der Waals surface area contributed by atoms with Crippen molar-refractivity contribution in [1.29, 1.82) is 0 Å². The Kier molecular flexibility index (Phi) is 4.08. The molecule has 0 aliphatic rings. The van der Waals surface area contributed by atoms with E-state index in [1.165, 1.54) is 12.3 Å². The molecule has 0 fully saturated rings. The van der Waals surface area contributed by atoms with Crippen molar-refractivity contribution in [2.24, 2.45) is 0 Å². The lowest BCUT2D eigenvalue weighted by molar-refractivity contribution is 0.0660. The van der Waals surface area contributed by atoms with Gasteiger partial charge in [-0.3, -0.25) is 0 Å². The molecule has 0 radical (unpaired) electrons. The van der Waals surface area contributed by atoms with E-state index in [0.29, 0.717) is 5.56 Å². The summed E-state index contributed by atoms with van der Waals surface area (Å²) in [6.07, 6.45) is 2.44. The minimum Gasteiger partial charge on any atom is -0.475 e. The zero-order valence-electron chi connectivity index (χ0n) is 8.76. The monoisotopic (exact) mass is 247 g/mol. The Morgan fingerprint density at radius 2 is 2.25 bits per heavy atom. The molecule has 0 aromatic carbocycles. The second-order valence-corrected chi connectivity index (χ2v) is 5.65. The van der Waals surface area contributed by atoms with Crippen molar-refractivity contribution in [3.8, 4) is 0 Å². The van der Waals surface area contributed by atoms with Crippen LogP contribution in [-0.2, 0) is 16.4 Å². The van der Waals surface area contributed by atoms with E-state index >= 15 is 0 Å². The number of rotatable bonds is 6. The number of hydrogen-bond acceptors (Lipinski definition) is 5. The number of furan rings is 1. The molecule has 0 aliphatic carbocycles. The molecular formula is C9H13NO5S. The molecule has 1 rings (SSSR count). The molecule has 1 heterocycles. The van der Waals surface area contributed by atoms with E-state index in [-0.39, 0.29) is 24.6 Å². The van der Waals surface area contributed by atoms with E-state index in [1.807, 2.05) is 0 Å². The summed E-state index contributed by atoms with van der Waals surface area (Å²) < 4.78 is 26.4. The number of aromatic carboxylic acids is 1. The fraction of sp³-hybridized carbons (Fsp3) is 0.444. The summed E-state index contributed by atoms with van der Waals surface area (Å²) in [5.74, 6) is -1.23. The molecule has 16 heavy (non-hydrogen) atoms. The highest BCUT2D eigenvalue weighted by atomic mass is 32.2. The lowest BCUT2D eigenvalue weighted by Gasteiger charge is -2.02. The molecule has 0 atom stereocenters. The van der Waals surface area contributed by atoms with Gasteiger partial charge >= 0.3 is 5.97 Å². The highest BCUT2D eigenvalue weighted by molar-refractivity contribution is 7.90. The fourth-order valence-corrected chi connectivity index (χ4v) is 1.66. The van der Waals surface area contributed by atoms with Gasteiger partial charge in [0.05, 0.1) is 12.0 Å². The van der Waals surface area contributed by atoms with Crippen LogP contribution in [0.25, 0.3) is 0 Å². The Labute approximate surface area is 93.2 Å². The average molecular weight is 247 g/mol. The first-order valence-electron chi connectivity index (χ1n) is 4.58. The van der Waals surface area contributed by atoms with Crippen LogP contribution < -0.4 is 5.32 Å². The van der Waals surface area contributed by atoms with Crippen molar-refractivity contribution >= 4 is 15.8 Å². The second-order valence-electron chi connectivity index (χ2n) is 3.39. The predicted octanol–water partition coefficient (Wildman–Crippen LogP) is 0.112. The van der Waals surface area contributed by atoms with Gasteiger partial charge in [0, 0.05) is 24.9 Å². The van der Waals surface area contributed by atoms with Gasteiger partial charge in [-0.15, -0.1) is 0 Å². The number of carboxylic acids is 1. The quantitative estimate of drug-likeness (QED) is 0.693. The van der Waals surface area contributed by atoms with E-state index < -0.39 is 15.8 Å². The van der Waals surface area contributed by atoms with Crippen LogP contribution in [0.5, 0.6) is 0 Å². The molecule has 0 saturated heterocycles. The molecular weight excluding hydrogens is 234 g/mol. The molecule has 0 saturated carbocycles. The second kappa shape index (κ2) is 5.13. The summed E-state index contributed by atoms with van der Waals surface area (Å²) in [7, 11) is -2.99. The molecule has 2 N–H and O–H groups in total. The van der Waals surface area contributed by atoms with Crippen molar-refractivity contribution in [1.82, 2.24) is 5.32 Å². The maximum Gasteiger partial charge on any atom is 0.372 e. The highest BCUT2D eigenvalue weighted by Crippen LogP contribution is 2.09. The number of hydrogen-bond donors (Lipinski definition) is 2. The van der Waals surface area contributed by atoms with Gasteiger partial charge in [0.25, 0.3) is 0 Å². The Hall–Kier alpha value is -1.34. The van der Waals surface area contributed by atoms with Gasteiger partial charge in [-0.05, 0) is 6.07 Å². The Morgan fingerprint density at radius 1 is 1.56 bits per heavy atom. The minimum absolute atomic E-state index is 0.0211. The largest absolute Gasteiger partial charge is 0.475 e. The van der Waals surface area contributed by atoms with Gasteiger partial charge in [0.1, 0.15) is 9.84 Å². The maximum atomic E-state index is 10.8. The van der Waals surface area contributed by atoms with Gasteiger partial charge in [0.15, 0.2) is 0 Å². The van der Waals surface area contributed by atoms with Crippen molar-refractivity contribution in [3.63, 3.8) is 0 Å². The third kappa shape index (κ3) is 4.03. The van der Waals surface area contributed by atoms with Crippen LogP contribution in [0.15, 0.2) is 16.7 Å². The Balaban J connectivity index is 2.43. The molecule has 90 valence electrons. The van der Waals surface area contributed by atoms with Crippen molar-refractivity contribution in [2.75, 3.05) is 18.6 Å². The number of sulfone groups is 1. The van der Waals surface area contributed by atoms with E-state index in [2.05, 4.69) is 5.32 Å². The van der Waals surface area contributed by atoms with Crippen LogP contribution in [0, 0.1) is 0 Å². The van der Waals surface area contributed by atoms with Crippen molar-refractivity contribution in [3.05, 3.63) is 23.7 Å². The highest BCUT2D eigenvalue weighted by Gasteiger charge is 2.13. The van der Waals surface area contributed by atoms with Gasteiger partial charge in [-0.25, -0.2) is 13.2 Å². The molecule has 0 aliphatic heterocycles. The summed E-state index contributed by atoms with van der Waals surface area (Å²) in [5.41, 5.74) is 0.501. The summed E-state index contributed by atoms with van der Waals surface area (Å²) in [4.78, 5) is 10.7. The van der Waals surface area contributed by atoms with Crippen LogP contribution >= 0.6 is 0 Å². The average Bonchev–Trinajstić information content (AvgIpc) is 2.58. The molecule has 6 nitrogen and oxygen atoms in total. The number of nitrogens with one attached hydrogen (secondary N) is 1. The SMILES string of the molecule is CS(=O)(=O)CCNCc1ccoc1C(=O)O. The standard InChI is InChI=1S/C9H13NO5S/c1-16(13,14)5-3-10-6-7-2-4-15-8(7)9(11)12/h2,4,10H,3,5-6H2,1H3,(H,11,12). The van der Waals surface area contributed by atoms with Crippen LogP contribution in [0.3, 0.4) is 0 Å². The zero-order chi connectivity index (χ0) is 12.2. The van der Waals surface area contributed by atoms with Gasteiger partial charge in [0.2, 0.25) is 5.76 Å². The molecule has 1 aromatic rings. The van der Waals surface area contributed by atoms with Crippen LogP contribution in [0.2, 0.25) is 0 Å². The minimum atomic E-state index is -2.99. The molecule has 1 aromatic heterocycles. The summed E-state index contributed by atoms with van der Waals surface area (Å²) in [5, 5.41) is 11.6. The first-order valence-corrected chi connectivity index (χ1v) is 6.64. The normalized spacial score (nSPS) is 11.6. The first-order chi connectivity index (χ1) is 7.40. The van der Waals surface area contributed by atoms with Crippen LogP contribution in [0.1, 0.15) is 16.1 Å². The van der Waals surface area contributed by atoms with E-state index in [0.717, 1.165) is 6.26 Å². The molecule has 0 amide bonds. The fourth-order valence-electron chi connectivity index (χ4n) is 1.14. The van der Waals surface area contributed by atoms with Crippen LogP contribution in [0.4, 0.5) is 0 Å². The third-order valence-corrected chi connectivity index (χ3v) is 2.85. The van der Waals surface area contributed by atoms with E-state index in [4.69, 9.17) is 9.52 Å². The first kappa shape index (κ1) is 12.7. The number of carboxylic acid groups (broad SMARTS) is 1. The lowest BCUT2D eigenvalue weighted by atomic mass is 10.2.